The van der Waals surface area contributed by atoms with Crippen LogP contribution in [-0.2, 0) is 6.54 Å². The van der Waals surface area contributed by atoms with E-state index in [-0.39, 0.29) is 5.82 Å². The molecule has 0 aliphatic carbocycles. The molecule has 0 bridgehead atoms. The van der Waals surface area contributed by atoms with Gasteiger partial charge in [0.05, 0.1) is 7.11 Å². The Hall–Kier alpha value is -2.27. The highest BCUT2D eigenvalue weighted by atomic mass is 19.1. The molecule has 4 nitrogen and oxygen atoms in total. The topological polar surface area (TPSA) is 24.9 Å². The molecule has 28 heavy (non-hydrogen) atoms. The van der Waals surface area contributed by atoms with Gasteiger partial charge in [-0.25, -0.2) is 4.39 Å². The maximum atomic E-state index is 14.5. The highest BCUT2D eigenvalue weighted by Gasteiger charge is 2.10. The summed E-state index contributed by atoms with van der Waals surface area (Å²) < 4.78 is 25.4. The summed E-state index contributed by atoms with van der Waals surface area (Å²) in [5, 5.41) is 0. The van der Waals surface area contributed by atoms with E-state index >= 15 is 0 Å². The Balaban J connectivity index is 1.95. The molecule has 0 unspecified atom stereocenters. The molecule has 5 heteroatoms. The summed E-state index contributed by atoms with van der Waals surface area (Å²) >= 11 is 0. The first kappa shape index (κ1) is 22.0. The second kappa shape index (κ2) is 11.5. The number of methoxy groups -OCH3 is 1. The number of ether oxygens (including phenoxy) is 2. The predicted molar refractivity (Wildman–Crippen MR) is 114 cm³/mol. The summed E-state index contributed by atoms with van der Waals surface area (Å²) in [5.74, 6) is 0.822. The lowest BCUT2D eigenvalue weighted by atomic mass is 10.1. The van der Waals surface area contributed by atoms with Crippen molar-refractivity contribution in [2.24, 2.45) is 0 Å². The fourth-order valence-corrected chi connectivity index (χ4v) is 3.02. The normalized spacial score (nSPS) is 10.9. The SMILES string of the molecule is CCCCN(C)CCOc1ccc(CN(CC)c2cccc(OC)c2)cc1F. The number of rotatable bonds is 12. The summed E-state index contributed by atoms with van der Waals surface area (Å²) in [7, 11) is 3.72. The number of unbranched alkanes of at least 4 members (excludes halogenated alkanes) is 1. The van der Waals surface area contributed by atoms with Gasteiger partial charge in [0.1, 0.15) is 12.4 Å². The highest BCUT2D eigenvalue weighted by Crippen LogP contribution is 2.24. The van der Waals surface area contributed by atoms with Gasteiger partial charge in [-0.2, -0.15) is 0 Å². The molecule has 0 aliphatic rings. The monoisotopic (exact) mass is 388 g/mol. The van der Waals surface area contributed by atoms with Crippen LogP contribution in [0.1, 0.15) is 32.3 Å². The maximum absolute atomic E-state index is 14.5. The molecule has 0 spiro atoms. The molecular formula is C23H33FN2O2. The molecule has 2 aromatic carbocycles. The Morgan fingerprint density at radius 3 is 2.54 bits per heavy atom. The van der Waals surface area contributed by atoms with Crippen LogP contribution < -0.4 is 14.4 Å². The van der Waals surface area contributed by atoms with Crippen LogP contribution in [0, 0.1) is 5.82 Å². The standard InChI is InChI=1S/C23H33FN2O2/c1-5-7-13-25(3)14-15-28-23-12-11-19(16-22(23)24)18-26(6-2)20-9-8-10-21(17-20)27-4/h8-12,16-17H,5-7,13-15,18H2,1-4H3. The van der Waals surface area contributed by atoms with E-state index in [1.54, 1.807) is 19.2 Å². The molecule has 0 saturated carbocycles. The molecule has 0 radical (unpaired) electrons. The largest absolute Gasteiger partial charge is 0.497 e. The van der Waals surface area contributed by atoms with Gasteiger partial charge in [0, 0.05) is 31.4 Å². The molecule has 0 fully saturated rings. The molecule has 0 N–H and O–H groups in total. The van der Waals surface area contributed by atoms with Gasteiger partial charge in [-0.3, -0.25) is 0 Å². The van der Waals surface area contributed by atoms with Crippen molar-refractivity contribution in [2.75, 3.05) is 45.3 Å². The number of benzene rings is 2. The molecule has 0 amide bonds. The first-order chi connectivity index (χ1) is 13.6. The summed E-state index contributed by atoms with van der Waals surface area (Å²) in [4.78, 5) is 4.39. The third kappa shape index (κ3) is 6.71. The van der Waals surface area contributed by atoms with Crippen LogP contribution in [0.15, 0.2) is 42.5 Å². The number of halogens is 1. The lowest BCUT2D eigenvalue weighted by molar-refractivity contribution is 0.229. The second-order valence-corrected chi connectivity index (χ2v) is 6.99. The van der Waals surface area contributed by atoms with E-state index < -0.39 is 0 Å². The minimum atomic E-state index is -0.310. The van der Waals surface area contributed by atoms with Crippen molar-refractivity contribution in [2.45, 2.75) is 33.2 Å². The Bertz CT molecular complexity index is 723. The van der Waals surface area contributed by atoms with E-state index in [0.29, 0.717) is 18.9 Å². The zero-order valence-electron chi connectivity index (χ0n) is 17.6. The Kier molecular flexibility index (Phi) is 9.08. The van der Waals surface area contributed by atoms with Gasteiger partial charge in [0.15, 0.2) is 11.6 Å². The summed E-state index contributed by atoms with van der Waals surface area (Å²) in [6, 6.07) is 13.1. The van der Waals surface area contributed by atoms with Crippen molar-refractivity contribution >= 4 is 5.69 Å². The number of hydrogen-bond donors (Lipinski definition) is 0. The van der Waals surface area contributed by atoms with E-state index in [0.717, 1.165) is 36.6 Å². The molecule has 0 saturated heterocycles. The van der Waals surface area contributed by atoms with E-state index in [1.165, 1.54) is 12.8 Å². The third-order valence-corrected chi connectivity index (χ3v) is 4.79. The fraction of sp³-hybridized carbons (Fsp3) is 0.478. The smallest absolute Gasteiger partial charge is 0.165 e. The average Bonchev–Trinajstić information content (AvgIpc) is 2.72. The lowest BCUT2D eigenvalue weighted by Crippen LogP contribution is -2.25. The highest BCUT2D eigenvalue weighted by molar-refractivity contribution is 5.51. The van der Waals surface area contributed by atoms with E-state index in [9.17, 15) is 4.39 Å². The number of hydrogen-bond acceptors (Lipinski definition) is 4. The van der Waals surface area contributed by atoms with Crippen LogP contribution >= 0.6 is 0 Å². The van der Waals surface area contributed by atoms with Crippen molar-refractivity contribution in [3.05, 3.63) is 53.8 Å². The number of likely N-dealkylation sites (N-methyl/N-ethyl adjacent to an activating group) is 1. The van der Waals surface area contributed by atoms with Gasteiger partial charge in [-0.15, -0.1) is 0 Å². The predicted octanol–water partition coefficient (Wildman–Crippen LogP) is 4.97. The van der Waals surface area contributed by atoms with Crippen molar-refractivity contribution in [3.63, 3.8) is 0 Å². The molecular weight excluding hydrogens is 355 g/mol. The molecule has 0 heterocycles. The molecule has 2 aromatic rings. The van der Waals surface area contributed by atoms with E-state index in [1.807, 2.05) is 30.3 Å². The van der Waals surface area contributed by atoms with Crippen molar-refractivity contribution in [1.29, 1.82) is 0 Å². The zero-order chi connectivity index (χ0) is 20.4. The Morgan fingerprint density at radius 2 is 1.86 bits per heavy atom. The van der Waals surface area contributed by atoms with Crippen LogP contribution in [-0.4, -0.2) is 45.3 Å². The quantitative estimate of drug-likeness (QED) is 0.512. The molecule has 0 atom stereocenters. The first-order valence-corrected chi connectivity index (χ1v) is 10.1. The van der Waals surface area contributed by atoms with Gasteiger partial charge >= 0.3 is 0 Å². The second-order valence-electron chi connectivity index (χ2n) is 6.99. The van der Waals surface area contributed by atoms with Gasteiger partial charge in [-0.1, -0.05) is 25.5 Å². The van der Waals surface area contributed by atoms with Crippen molar-refractivity contribution in [3.8, 4) is 11.5 Å². The molecule has 154 valence electrons. The maximum Gasteiger partial charge on any atom is 0.165 e. The number of nitrogens with zero attached hydrogens (tertiary/aromatic N) is 2. The Morgan fingerprint density at radius 1 is 1.04 bits per heavy atom. The lowest BCUT2D eigenvalue weighted by Gasteiger charge is -2.24. The summed E-state index contributed by atoms with van der Waals surface area (Å²) in [6.07, 6.45) is 2.34. The average molecular weight is 389 g/mol. The molecule has 2 rings (SSSR count). The van der Waals surface area contributed by atoms with Crippen LogP contribution in [0.25, 0.3) is 0 Å². The number of anilines is 1. The molecule has 0 aromatic heterocycles. The third-order valence-electron chi connectivity index (χ3n) is 4.79. The summed E-state index contributed by atoms with van der Waals surface area (Å²) in [6.45, 7) is 8.02. The van der Waals surface area contributed by atoms with Crippen LogP contribution in [0.3, 0.4) is 0 Å². The van der Waals surface area contributed by atoms with Gasteiger partial charge < -0.3 is 19.3 Å². The fourth-order valence-electron chi connectivity index (χ4n) is 3.02. The van der Waals surface area contributed by atoms with Gasteiger partial charge in [0.25, 0.3) is 0 Å². The van der Waals surface area contributed by atoms with Gasteiger partial charge in [-0.05, 0) is 56.8 Å². The first-order valence-electron chi connectivity index (χ1n) is 10.1. The van der Waals surface area contributed by atoms with Crippen LogP contribution in [0.4, 0.5) is 10.1 Å². The van der Waals surface area contributed by atoms with E-state index in [4.69, 9.17) is 9.47 Å². The minimum Gasteiger partial charge on any atom is -0.497 e. The zero-order valence-corrected chi connectivity index (χ0v) is 17.6. The van der Waals surface area contributed by atoms with Crippen LogP contribution in [0.5, 0.6) is 11.5 Å². The van der Waals surface area contributed by atoms with Crippen molar-refractivity contribution in [1.82, 2.24) is 4.90 Å². The minimum absolute atomic E-state index is 0.310. The van der Waals surface area contributed by atoms with Gasteiger partial charge in [0.2, 0.25) is 0 Å². The van der Waals surface area contributed by atoms with E-state index in [2.05, 4.69) is 30.7 Å². The van der Waals surface area contributed by atoms with Crippen molar-refractivity contribution < 1.29 is 13.9 Å². The Labute approximate surface area is 168 Å². The summed E-state index contributed by atoms with van der Waals surface area (Å²) in [5.41, 5.74) is 1.97. The molecule has 0 aliphatic heterocycles. The van der Waals surface area contributed by atoms with Crippen LogP contribution in [0.2, 0.25) is 0 Å².